The van der Waals surface area contributed by atoms with Gasteiger partial charge < -0.3 is 55.3 Å². The monoisotopic (exact) mass is 1220 g/mol. The minimum Gasteiger partial charge on any atom is -0.480 e. The number of halogens is 3. The van der Waals surface area contributed by atoms with Gasteiger partial charge in [-0.2, -0.15) is 30.0 Å². The Morgan fingerprint density at radius 2 is 1.53 bits per heavy atom. The molecule has 1 aliphatic carbocycles. The van der Waals surface area contributed by atoms with Crippen LogP contribution in [0.4, 0.5) is 23.7 Å². The molecule has 0 spiro atoms. The highest BCUT2D eigenvalue weighted by Crippen LogP contribution is 2.46. The van der Waals surface area contributed by atoms with Crippen LogP contribution >= 0.6 is 0 Å². The summed E-state index contributed by atoms with van der Waals surface area (Å²) in [7, 11) is -10.5. The number of rotatable bonds is 22. The number of aromatic nitrogens is 5. The normalized spacial score (nSPS) is 11.9. The minimum absolute atomic E-state index is 0.0587. The number of carboxylic acids is 2. The fraction of sp³-hybridized carbons (Fsp3) is 0.216. The number of ether oxygens (including phenoxy) is 2. The fourth-order valence-corrected chi connectivity index (χ4v) is 10.3. The van der Waals surface area contributed by atoms with E-state index in [1.165, 1.54) is 49.2 Å². The lowest BCUT2D eigenvalue weighted by atomic mass is 9.89. The summed E-state index contributed by atoms with van der Waals surface area (Å²) in [5.74, 6) is -5.77. The van der Waals surface area contributed by atoms with Crippen molar-refractivity contribution < 1.29 is 92.0 Å². The third kappa shape index (κ3) is 13.7. The van der Waals surface area contributed by atoms with Gasteiger partial charge in [0.05, 0.1) is 57.8 Å². The van der Waals surface area contributed by atoms with E-state index >= 15 is 0 Å². The van der Waals surface area contributed by atoms with E-state index in [1.807, 2.05) is 4.98 Å². The molecule has 11 N–H and O–H groups in total. The number of nitrogens with zero attached hydrogens (tertiary/aromatic N) is 4. The number of aliphatic carboxylic acids is 1. The number of imidazole rings is 1. The largest absolute Gasteiger partial charge is 0.480 e. The van der Waals surface area contributed by atoms with E-state index in [0.29, 0.717) is 21.9 Å². The number of hydrogen-bond acceptors (Lipinski definition) is 18. The van der Waals surface area contributed by atoms with Crippen molar-refractivity contribution in [2.24, 2.45) is 0 Å². The lowest BCUT2D eigenvalue weighted by Gasteiger charge is -2.20. The van der Waals surface area contributed by atoms with Crippen LogP contribution in [0.3, 0.4) is 0 Å². The Morgan fingerprint density at radius 1 is 0.824 bits per heavy atom. The van der Waals surface area contributed by atoms with Gasteiger partial charge in [-0.15, -0.1) is 0 Å². The summed E-state index contributed by atoms with van der Waals surface area (Å²) >= 11 is 0. The number of carbonyl (C=O) groups excluding carboxylic acids is 4. The molecular formula is C51H45F3N10O19S2. The van der Waals surface area contributed by atoms with Crippen molar-refractivity contribution in [3.8, 4) is 28.1 Å². The maximum absolute atomic E-state index is 14.2. The lowest BCUT2D eigenvalue weighted by Crippen LogP contribution is -2.38. The molecule has 0 fully saturated rings. The van der Waals surface area contributed by atoms with Crippen LogP contribution < -0.4 is 38.2 Å². The summed E-state index contributed by atoms with van der Waals surface area (Å²) in [5.41, 5.74) is -1.14. The van der Waals surface area contributed by atoms with E-state index < -0.39 is 134 Å². The first-order valence-corrected chi connectivity index (χ1v) is 27.5. The van der Waals surface area contributed by atoms with Crippen molar-refractivity contribution in [1.82, 2.24) is 39.6 Å². The molecule has 0 unspecified atom stereocenters. The number of fused-ring (bicyclic) bond motifs is 3. The molecule has 4 heterocycles. The number of nitrogens with one attached hydrogen (secondary N) is 5. The number of alkyl halides is 3. The molecule has 446 valence electrons. The Hall–Kier alpha value is -10.0. The SMILES string of the molecule is N=c1ccc2c(-c3ccc(C(=O)NCCOCCOC(=O)n4cnc(CCNC(=O)CCC(=O)NCc5ccn(-c6cc7c(cc6C(F)(F)F)[nH]c(=O)c(=O)n7CC(=O)O)c5)c4)cc3C(=O)O)c3ccc(N)c(S(=O)(=O)O)c3oc-2c1S(=O)(=O)O. The van der Waals surface area contributed by atoms with Gasteiger partial charge >= 0.3 is 35.3 Å². The maximum atomic E-state index is 14.2. The van der Waals surface area contributed by atoms with E-state index in [9.17, 15) is 87.7 Å². The molecule has 29 nitrogen and oxygen atoms in total. The molecule has 2 aliphatic rings. The van der Waals surface area contributed by atoms with Crippen molar-refractivity contribution in [3.63, 3.8) is 0 Å². The fourth-order valence-electron chi connectivity index (χ4n) is 8.84. The summed E-state index contributed by atoms with van der Waals surface area (Å²) in [4.78, 5) is 104. The van der Waals surface area contributed by atoms with Gasteiger partial charge in [-0.05, 0) is 65.7 Å². The summed E-state index contributed by atoms with van der Waals surface area (Å²) < 4.78 is 132. The van der Waals surface area contributed by atoms with Gasteiger partial charge in [-0.25, -0.2) is 19.1 Å². The van der Waals surface area contributed by atoms with Crippen molar-refractivity contribution in [2.45, 2.75) is 48.3 Å². The third-order valence-electron chi connectivity index (χ3n) is 12.6. The van der Waals surface area contributed by atoms with Crippen LogP contribution in [0.2, 0.25) is 0 Å². The molecule has 85 heavy (non-hydrogen) atoms. The van der Waals surface area contributed by atoms with E-state index in [-0.39, 0.29) is 91.9 Å². The first-order valence-electron chi connectivity index (χ1n) is 24.6. The van der Waals surface area contributed by atoms with Crippen LogP contribution in [0, 0.1) is 5.41 Å². The van der Waals surface area contributed by atoms with Gasteiger partial charge in [0.25, 0.3) is 26.1 Å². The zero-order chi connectivity index (χ0) is 61.9. The van der Waals surface area contributed by atoms with Gasteiger partial charge in [0.15, 0.2) is 21.1 Å². The van der Waals surface area contributed by atoms with Crippen molar-refractivity contribution >= 4 is 83.7 Å². The third-order valence-corrected chi connectivity index (χ3v) is 14.5. The summed E-state index contributed by atoms with van der Waals surface area (Å²) in [6, 6.07) is 10.6. The quantitative estimate of drug-likeness (QED) is 0.0153. The van der Waals surface area contributed by atoms with E-state index in [1.54, 1.807) is 0 Å². The predicted molar refractivity (Wildman–Crippen MR) is 286 cm³/mol. The summed E-state index contributed by atoms with van der Waals surface area (Å²) in [6.07, 6.45) is -1.12. The van der Waals surface area contributed by atoms with E-state index in [2.05, 4.69) is 20.9 Å². The average molecular weight is 1220 g/mol. The second-order valence-corrected chi connectivity index (χ2v) is 21.1. The number of benzene rings is 4. The molecule has 0 saturated heterocycles. The smallest absolute Gasteiger partial charge is 0.419 e. The highest BCUT2D eigenvalue weighted by Gasteiger charge is 2.36. The molecule has 0 saturated carbocycles. The predicted octanol–water partition coefficient (Wildman–Crippen LogP) is 2.74. The van der Waals surface area contributed by atoms with Crippen LogP contribution in [-0.4, -0.2) is 128 Å². The van der Waals surface area contributed by atoms with Crippen LogP contribution in [0.25, 0.3) is 50.1 Å². The van der Waals surface area contributed by atoms with Crippen LogP contribution in [0.15, 0.2) is 109 Å². The Labute approximate surface area is 473 Å². The highest BCUT2D eigenvalue weighted by molar-refractivity contribution is 7.86. The first-order chi connectivity index (χ1) is 40.0. The van der Waals surface area contributed by atoms with Crippen LogP contribution in [0.5, 0.6) is 0 Å². The summed E-state index contributed by atoms with van der Waals surface area (Å²) in [5, 5.41) is 34.5. The number of amides is 3. The molecule has 6 aromatic rings. The minimum atomic E-state index is -5.26. The number of nitrogen functional groups attached to an aromatic ring is 1. The Balaban J connectivity index is 0.771. The lowest BCUT2D eigenvalue weighted by molar-refractivity contribution is -0.138. The van der Waals surface area contributed by atoms with Crippen molar-refractivity contribution in [2.75, 3.05) is 38.6 Å². The Kier molecular flexibility index (Phi) is 17.5. The van der Waals surface area contributed by atoms with E-state index in [4.69, 9.17) is 25.0 Å². The highest BCUT2D eigenvalue weighted by atomic mass is 32.2. The number of anilines is 1. The number of carboxylic acid groups (broad SMARTS) is 2. The number of carbonyl (C=O) groups is 6. The van der Waals surface area contributed by atoms with Crippen molar-refractivity contribution in [3.05, 3.63) is 140 Å². The molecule has 8 rings (SSSR count). The van der Waals surface area contributed by atoms with Crippen molar-refractivity contribution in [1.29, 1.82) is 5.41 Å². The van der Waals surface area contributed by atoms with Crippen LogP contribution in [0.1, 0.15) is 50.4 Å². The molecule has 0 atom stereocenters. The zero-order valence-corrected chi connectivity index (χ0v) is 45.0. The number of aromatic carboxylic acids is 1. The molecule has 3 aromatic carbocycles. The second kappa shape index (κ2) is 24.4. The first kappa shape index (κ1) is 61.1. The number of hydrogen-bond donors (Lipinski definition) is 10. The molecule has 3 aromatic heterocycles. The summed E-state index contributed by atoms with van der Waals surface area (Å²) in [6.45, 7) is -1.72. The molecule has 34 heteroatoms. The second-order valence-electron chi connectivity index (χ2n) is 18.4. The molecule has 1 aliphatic heterocycles. The van der Waals surface area contributed by atoms with Crippen LogP contribution in [-0.2, 0) is 69.8 Å². The number of aromatic amines is 1. The topological polar surface area (TPSA) is 447 Å². The Bertz CT molecular complexity index is 4440. The molecule has 3 amide bonds. The van der Waals surface area contributed by atoms with Gasteiger partial charge in [-0.1, -0.05) is 6.07 Å². The molecule has 0 bridgehead atoms. The number of H-pyrrole nitrogens is 1. The number of nitrogens with two attached hydrogens (primary N) is 1. The standard InChI is InChI=1S/C51H45F3N10O19S2/c52-51(53,54)32-18-35-37(64(23-40(67)68)48(71)47(70)61-35)19-36(32)62-13-10-25(21-62)20-59-39(66)8-7-38(65)57-11-9-27-22-63(24-60-27)50(74)82-16-15-81-14-12-58-46(69)26-1-2-28(31(17-26)49(72)73)41-29-3-5-33(55)44(84(75,76)77)42(29)83-43-30(41)4-6-34(56)45(43)85(78,79)80/h1-6,10,13,17-19,21-22,24,55H,7-9,11-12,14-16,20,23,56H2,(H,57,65)(H,58,69)(H,59,66)(H,61,70)(H,67,68)(H,72,73)(H,75,76,77)(H,78,79,80). The average Bonchev–Trinajstić information content (AvgIpc) is 1.05. The van der Waals surface area contributed by atoms with Gasteiger partial charge in [-0.3, -0.25) is 47.8 Å². The van der Waals surface area contributed by atoms with Gasteiger partial charge in [0.1, 0.15) is 19.5 Å². The van der Waals surface area contributed by atoms with E-state index in [0.717, 1.165) is 39.5 Å². The van der Waals surface area contributed by atoms with Gasteiger partial charge in [0.2, 0.25) is 11.8 Å². The zero-order valence-electron chi connectivity index (χ0n) is 43.4. The molecular weight excluding hydrogens is 1180 g/mol. The van der Waals surface area contributed by atoms with Gasteiger partial charge in [0, 0.05) is 79.6 Å². The molecule has 0 radical (unpaired) electrons. The maximum Gasteiger partial charge on any atom is 0.419 e. The Morgan fingerprint density at radius 3 is 2.21 bits per heavy atom.